The van der Waals surface area contributed by atoms with Crippen LogP contribution >= 0.6 is 0 Å². The maximum Gasteiger partial charge on any atom is 0.237 e. The number of hydrogen-bond acceptors (Lipinski definition) is 4. The molecule has 2 fully saturated rings. The van der Waals surface area contributed by atoms with Crippen LogP contribution in [0.4, 0.5) is 0 Å². The Bertz CT molecular complexity index is 441. The highest BCUT2D eigenvalue weighted by molar-refractivity contribution is 5.81. The molecular weight excluding hydrogens is 266 g/mol. The molecule has 2 aliphatic heterocycles. The monoisotopic (exact) mass is 291 g/mol. The van der Waals surface area contributed by atoms with Crippen LogP contribution in [0.2, 0.25) is 0 Å². The highest BCUT2D eigenvalue weighted by atomic mass is 16.2. The van der Waals surface area contributed by atoms with Gasteiger partial charge in [0.2, 0.25) is 5.91 Å². The molecule has 1 aromatic rings. The van der Waals surface area contributed by atoms with Gasteiger partial charge in [-0.15, -0.1) is 0 Å². The van der Waals surface area contributed by atoms with Crippen LogP contribution in [-0.2, 0) is 11.3 Å². The Morgan fingerprint density at radius 1 is 1.43 bits per heavy atom. The number of rotatable bonds is 5. The Labute approximate surface area is 125 Å². The highest BCUT2D eigenvalue weighted by Gasteiger charge is 2.24. The second kappa shape index (κ2) is 7.04. The molecule has 1 amide bonds. The fourth-order valence-electron chi connectivity index (χ4n) is 3.35. The number of H-pyrrole nitrogens is 1. The molecule has 0 saturated carbocycles. The molecule has 0 aliphatic carbocycles. The van der Waals surface area contributed by atoms with E-state index in [0.717, 1.165) is 51.3 Å². The summed E-state index contributed by atoms with van der Waals surface area (Å²) in [6.45, 7) is 4.88. The first-order valence-electron chi connectivity index (χ1n) is 8.02. The number of nitrogens with zero attached hydrogens (tertiary/aromatic N) is 2. The number of imidazole rings is 1. The van der Waals surface area contributed by atoms with Gasteiger partial charge in [-0.3, -0.25) is 9.69 Å². The lowest BCUT2D eigenvalue weighted by atomic mass is 9.97. The smallest absolute Gasteiger partial charge is 0.237 e. The summed E-state index contributed by atoms with van der Waals surface area (Å²) in [6.07, 6.45) is 8.11. The quantitative estimate of drug-likeness (QED) is 0.738. The Morgan fingerprint density at radius 2 is 2.38 bits per heavy atom. The van der Waals surface area contributed by atoms with Crippen molar-refractivity contribution in [1.82, 2.24) is 25.5 Å². The summed E-state index contributed by atoms with van der Waals surface area (Å²) in [7, 11) is 0. The number of nitrogens with one attached hydrogen (secondary N) is 3. The van der Waals surface area contributed by atoms with E-state index in [2.05, 4.69) is 25.5 Å². The average Bonchev–Trinajstić information content (AvgIpc) is 3.18. The van der Waals surface area contributed by atoms with Gasteiger partial charge in [0.15, 0.2) is 0 Å². The van der Waals surface area contributed by atoms with E-state index in [4.69, 9.17) is 0 Å². The Morgan fingerprint density at radius 3 is 3.14 bits per heavy atom. The Kier molecular flexibility index (Phi) is 4.87. The first-order valence-corrected chi connectivity index (χ1v) is 8.02. The van der Waals surface area contributed by atoms with Gasteiger partial charge in [-0.1, -0.05) is 0 Å². The normalized spacial score (nSPS) is 26.9. The van der Waals surface area contributed by atoms with Gasteiger partial charge >= 0.3 is 0 Å². The number of carbonyl (C=O) groups excluding carboxylic acids is 1. The predicted octanol–water partition coefficient (Wildman–Crippen LogP) is 0.490. The fraction of sp³-hybridized carbons (Fsp3) is 0.733. The lowest BCUT2D eigenvalue weighted by Crippen LogP contribution is -2.45. The van der Waals surface area contributed by atoms with E-state index < -0.39 is 0 Å². The minimum atomic E-state index is 0.0367. The van der Waals surface area contributed by atoms with Crippen molar-refractivity contribution in [1.29, 1.82) is 0 Å². The van der Waals surface area contributed by atoms with Crippen molar-refractivity contribution in [2.75, 3.05) is 26.2 Å². The summed E-state index contributed by atoms with van der Waals surface area (Å²) in [4.78, 5) is 21.7. The first kappa shape index (κ1) is 14.5. The van der Waals surface area contributed by atoms with E-state index >= 15 is 0 Å². The van der Waals surface area contributed by atoms with Crippen LogP contribution in [0.25, 0.3) is 0 Å². The molecule has 0 bridgehead atoms. The van der Waals surface area contributed by atoms with Gasteiger partial charge in [-0.05, 0) is 44.7 Å². The average molecular weight is 291 g/mol. The highest BCUT2D eigenvalue weighted by Crippen LogP contribution is 2.17. The third-order valence-electron chi connectivity index (χ3n) is 4.49. The molecule has 2 aliphatic rings. The van der Waals surface area contributed by atoms with Gasteiger partial charge in [-0.25, -0.2) is 4.98 Å². The molecule has 21 heavy (non-hydrogen) atoms. The lowest BCUT2D eigenvalue weighted by Gasteiger charge is -2.32. The van der Waals surface area contributed by atoms with E-state index in [-0.39, 0.29) is 11.9 Å². The molecule has 3 heterocycles. The van der Waals surface area contributed by atoms with Gasteiger partial charge in [0.25, 0.3) is 0 Å². The predicted molar refractivity (Wildman–Crippen MR) is 80.6 cm³/mol. The van der Waals surface area contributed by atoms with E-state index in [0.29, 0.717) is 5.92 Å². The Balaban J connectivity index is 1.42. The number of likely N-dealkylation sites (tertiary alicyclic amines) is 1. The van der Waals surface area contributed by atoms with E-state index in [1.165, 1.54) is 12.8 Å². The van der Waals surface area contributed by atoms with Crippen LogP contribution in [0.5, 0.6) is 0 Å². The molecule has 0 radical (unpaired) electrons. The third kappa shape index (κ3) is 4.04. The third-order valence-corrected chi connectivity index (χ3v) is 4.49. The van der Waals surface area contributed by atoms with E-state index in [9.17, 15) is 4.79 Å². The summed E-state index contributed by atoms with van der Waals surface area (Å²) < 4.78 is 0. The SMILES string of the molecule is O=C(NCC1CCCN(Cc2cnc[nH]2)C1)C1CCCN1. The molecule has 2 atom stereocenters. The minimum Gasteiger partial charge on any atom is -0.354 e. The summed E-state index contributed by atoms with van der Waals surface area (Å²) in [6, 6.07) is 0.0367. The van der Waals surface area contributed by atoms with Crippen LogP contribution in [-0.4, -0.2) is 53.0 Å². The van der Waals surface area contributed by atoms with E-state index in [1.54, 1.807) is 6.33 Å². The van der Waals surface area contributed by atoms with Crippen molar-refractivity contribution in [2.24, 2.45) is 5.92 Å². The number of amides is 1. The zero-order valence-corrected chi connectivity index (χ0v) is 12.5. The lowest BCUT2D eigenvalue weighted by molar-refractivity contribution is -0.123. The van der Waals surface area contributed by atoms with Crippen LogP contribution in [0.15, 0.2) is 12.5 Å². The summed E-state index contributed by atoms with van der Waals surface area (Å²) >= 11 is 0. The molecule has 6 nitrogen and oxygen atoms in total. The summed E-state index contributed by atoms with van der Waals surface area (Å²) in [5.74, 6) is 0.741. The molecule has 0 spiro atoms. The van der Waals surface area contributed by atoms with Crippen LogP contribution in [0, 0.1) is 5.92 Å². The number of piperidine rings is 1. The van der Waals surface area contributed by atoms with Crippen molar-refractivity contribution in [3.05, 3.63) is 18.2 Å². The van der Waals surface area contributed by atoms with Crippen molar-refractivity contribution < 1.29 is 4.79 Å². The summed E-state index contributed by atoms with van der Waals surface area (Å²) in [5, 5.41) is 6.37. The van der Waals surface area contributed by atoms with Crippen molar-refractivity contribution in [2.45, 2.75) is 38.3 Å². The number of aromatic nitrogens is 2. The zero-order valence-electron chi connectivity index (χ0n) is 12.5. The van der Waals surface area contributed by atoms with Gasteiger partial charge in [0.1, 0.15) is 0 Å². The van der Waals surface area contributed by atoms with Gasteiger partial charge in [-0.2, -0.15) is 0 Å². The fourth-order valence-corrected chi connectivity index (χ4v) is 3.35. The van der Waals surface area contributed by atoms with Crippen molar-refractivity contribution in [3.8, 4) is 0 Å². The molecule has 3 N–H and O–H groups in total. The zero-order chi connectivity index (χ0) is 14.5. The molecule has 0 aromatic carbocycles. The first-order chi connectivity index (χ1) is 10.3. The molecule has 116 valence electrons. The topological polar surface area (TPSA) is 73.0 Å². The Hall–Kier alpha value is -1.40. The minimum absolute atomic E-state index is 0.0367. The largest absolute Gasteiger partial charge is 0.354 e. The van der Waals surface area contributed by atoms with Crippen LogP contribution in [0.3, 0.4) is 0 Å². The van der Waals surface area contributed by atoms with Gasteiger partial charge in [0.05, 0.1) is 12.4 Å². The molecule has 2 saturated heterocycles. The maximum absolute atomic E-state index is 12.0. The molecule has 2 unspecified atom stereocenters. The number of hydrogen-bond donors (Lipinski definition) is 3. The standard InChI is InChI=1S/C15H25N5O/c21-15(14-4-1-5-17-14)18-7-12-3-2-6-20(9-12)10-13-8-16-11-19-13/h8,11-12,14,17H,1-7,9-10H2,(H,16,19)(H,18,21). The number of aromatic amines is 1. The molecular formula is C15H25N5O. The maximum atomic E-state index is 12.0. The van der Waals surface area contributed by atoms with Crippen molar-refractivity contribution in [3.63, 3.8) is 0 Å². The number of carbonyl (C=O) groups is 1. The van der Waals surface area contributed by atoms with Crippen LogP contribution < -0.4 is 10.6 Å². The van der Waals surface area contributed by atoms with Gasteiger partial charge in [0, 0.05) is 31.5 Å². The second-order valence-corrected chi connectivity index (χ2v) is 6.21. The van der Waals surface area contributed by atoms with Gasteiger partial charge < -0.3 is 15.6 Å². The molecule has 3 rings (SSSR count). The summed E-state index contributed by atoms with van der Waals surface area (Å²) in [5.41, 5.74) is 1.16. The van der Waals surface area contributed by atoms with Crippen LogP contribution in [0.1, 0.15) is 31.4 Å². The van der Waals surface area contributed by atoms with Crippen molar-refractivity contribution >= 4 is 5.91 Å². The second-order valence-electron chi connectivity index (χ2n) is 6.21. The van der Waals surface area contributed by atoms with E-state index in [1.807, 2.05) is 6.20 Å². The molecule has 6 heteroatoms. The molecule has 1 aromatic heterocycles.